The van der Waals surface area contributed by atoms with Crippen LogP contribution in [0.4, 0.5) is 0 Å². The van der Waals surface area contributed by atoms with Gasteiger partial charge in [-0.2, -0.15) is 0 Å². The molecule has 0 aliphatic carbocycles. The van der Waals surface area contributed by atoms with E-state index in [1.165, 1.54) is 0 Å². The smallest absolute Gasteiger partial charge is 0 e. The molecule has 133 heteroatoms. The van der Waals surface area contributed by atoms with Crippen LogP contribution in [0.1, 0.15) is 0 Å². The summed E-state index contributed by atoms with van der Waals surface area (Å²) in [6.45, 7) is 0. The highest BCUT2D eigenvalue weighted by atomic mass is 13.5. The lowest BCUT2D eigenvalue weighted by molar-refractivity contribution is 3.10. The molecule has 0 nitrogen and oxygen atoms in total. The Morgan fingerprint density at radius 2 is 0.120 bits per heavy atom. The fourth-order valence-corrected chi connectivity index (χ4v) is 24.4. The predicted octanol–water partition coefficient (Wildman–Crippen LogP) is -50.6. The van der Waals surface area contributed by atoms with Gasteiger partial charge in [0.2, 0.25) is 0 Å². The average molecular weight is 1440 g/mol. The van der Waals surface area contributed by atoms with Gasteiger partial charge in [0.05, 0.1) is 0 Å². The second-order valence-electron chi connectivity index (χ2n) is 37.7. The highest BCUT2D eigenvalue weighted by Crippen LogP contribution is 2.34. The molecule has 0 fully saturated rings. The fraction of sp³-hybridized carbons (Fsp3) is 0. The van der Waals surface area contributed by atoms with Crippen molar-refractivity contribution < 1.29 is 0 Å². The summed E-state index contributed by atoms with van der Waals surface area (Å²) in [5, 5.41) is 0. The lowest BCUT2D eigenvalue weighted by atomic mass is 8.16. The molecule has 0 saturated carbocycles. The summed E-state index contributed by atoms with van der Waals surface area (Å²) in [6.07, 6.45) is -144. The van der Waals surface area contributed by atoms with Crippen molar-refractivity contribution in [2.24, 2.45) is 0 Å². The van der Waals surface area contributed by atoms with E-state index in [1.807, 2.05) is 0 Å². The molecule has 133 heavy (non-hydrogen) atoms. The normalized spacial score (nSPS) is 9.86. The van der Waals surface area contributed by atoms with E-state index in [4.69, 9.17) is 518 Å². The SMILES string of the molecule is [B][B]B(B([B])[B])B(B(B([B])[B])B([B])[B])B(B(B([B])[B])B([B])[B])B(B(B(B([B])[B])B([B])[B])B(B([B])[B])B([B])[B])B(B(B(B(B([B])[B])B([B])[B])B(B([B])[B])B([B])[B])B(B(B([B])[B])B([B])[B])B(B([B])[B])B([B])[B])B(B(B(B(B([B])[B])B([B])[B])B(B([B])[B])B([B])[B])B(B(B([B])[B])B([B])[B])B(B([B])[B])B([B])[B])B(B(B(B([B])[B])B([B])[B])B(B([B])[B])B([B])[B])B(B(B([B])[B])B([B])[B])B(B([B])[B])B([B])[B]. The Balaban J connectivity index is 17.7. The molecular weight excluding hydrogens is 1440 g/mol. The third-order valence-electron chi connectivity index (χ3n) is 28.7. The van der Waals surface area contributed by atoms with Crippen LogP contribution in [0.2, 0.25) is 0 Å². The maximum Gasteiger partial charge on any atom is 0 e. The largest absolute Gasteiger partial charge is 0 e. The van der Waals surface area contributed by atoms with E-state index in [0.717, 1.165) is 7.06 Å². The molecule has 0 unspecified atom stereocenters. The molecule has 0 bridgehead atoms. The molecule has 0 aliphatic rings. The van der Waals surface area contributed by atoms with E-state index in [2.05, 4.69) is 0 Å². The molecule has 0 aliphatic heterocycles. The summed E-state index contributed by atoms with van der Waals surface area (Å²) < 4.78 is 0. The molecule has 0 aromatic heterocycles. The van der Waals surface area contributed by atoms with Crippen molar-refractivity contribution in [3.63, 3.8) is 0 Å². The van der Waals surface area contributed by atoms with Crippen LogP contribution in [0.5, 0.6) is 0 Å². The lowest BCUT2D eigenvalue weighted by Gasteiger charge is -2.65. The number of hydrogen-bond donors (Lipinski definition) is 0. The molecule has 135 radical (unpaired) electrons. The van der Waals surface area contributed by atoms with Crippen LogP contribution in [-0.2, 0) is 0 Å². The summed E-state index contributed by atoms with van der Waals surface area (Å²) in [4.78, 5) is 0. The Morgan fingerprint density at radius 3 is 0.173 bits per heavy atom. The molecule has 0 N–H and O–H groups in total. The first-order chi connectivity index (χ1) is 60.6. The Kier molecular flexibility index (Phi) is 69.7. The molecule has 0 spiro atoms. The molecule has 0 aromatic rings. The van der Waals surface area contributed by atoms with Gasteiger partial charge in [-0.15, -0.1) is 0 Å². The summed E-state index contributed by atoms with van der Waals surface area (Å²) >= 11 is 0. The van der Waals surface area contributed by atoms with E-state index >= 15 is 0 Å². The third-order valence-corrected chi connectivity index (χ3v) is 28.7. The van der Waals surface area contributed by atoms with Crippen LogP contribution >= 0.6 is 0 Å². The number of rotatable bonds is 65. The van der Waals surface area contributed by atoms with Crippen LogP contribution in [0.15, 0.2) is 0 Å². The minimum Gasteiger partial charge on any atom is 0 e. The first kappa shape index (κ1) is 142. The van der Waals surface area contributed by atoms with E-state index in [0.29, 0.717) is 0 Å². The van der Waals surface area contributed by atoms with Crippen molar-refractivity contribution in [1.82, 2.24) is 0 Å². The molecule has 0 heterocycles. The first-order valence-corrected chi connectivity index (χ1v) is 44.0. The van der Waals surface area contributed by atoms with Crippen molar-refractivity contribution in [2.75, 3.05) is 0 Å². The molecule has 0 rings (SSSR count). The molecule has 0 atom stereocenters. The Labute approximate surface area is 930 Å². The Bertz CT molecular complexity index is 2300. The summed E-state index contributed by atoms with van der Waals surface area (Å²) in [5.41, 5.74) is 0. The fourth-order valence-electron chi connectivity index (χ4n) is 24.4. The second-order valence-corrected chi connectivity index (χ2v) is 37.7. The van der Waals surface area contributed by atoms with Gasteiger partial charge >= 0.3 is 0 Å². The van der Waals surface area contributed by atoms with Crippen LogP contribution in [0, 0.1) is 0 Å². The van der Waals surface area contributed by atoms with Gasteiger partial charge < -0.3 is 0 Å². The first-order valence-electron chi connectivity index (χ1n) is 44.0. The van der Waals surface area contributed by atoms with E-state index in [-0.39, 0.29) is 0 Å². The van der Waals surface area contributed by atoms with Crippen molar-refractivity contribution in [3.05, 3.63) is 0 Å². The number of hydrogen-bond acceptors (Lipinski definition) is 0. The van der Waals surface area contributed by atoms with E-state index in [1.54, 1.807) is 0 Å². The Morgan fingerprint density at radius 1 is 0.0677 bits per heavy atom. The molecular formula is B133. The predicted molar refractivity (Wildman–Crippen MR) is 765 cm³/mol. The van der Waals surface area contributed by atoms with Gasteiger partial charge in [-0.05, 0) is 0 Å². The van der Waals surface area contributed by atoms with Crippen LogP contribution in [-0.4, -0.2) is 940 Å². The minimum atomic E-state index is -2.88. The zero-order valence-corrected chi connectivity index (χ0v) is 76.8. The van der Waals surface area contributed by atoms with Gasteiger partial charge in [-0.25, -0.2) is 0 Å². The van der Waals surface area contributed by atoms with Crippen molar-refractivity contribution in [2.45, 2.75) is 0 Å². The zero-order chi connectivity index (χ0) is 105. The van der Waals surface area contributed by atoms with Gasteiger partial charge in [0.25, 0.3) is 0 Å². The summed E-state index contributed by atoms with van der Waals surface area (Å²) in [6, 6.07) is 0. The molecule has 399 valence electrons. The third kappa shape index (κ3) is 38.0. The van der Waals surface area contributed by atoms with Crippen LogP contribution < -0.4 is 0 Å². The minimum absolute atomic E-state index is 0.935. The monoisotopic (exact) mass is 1460 g/mol. The lowest BCUT2D eigenvalue weighted by Crippen LogP contribution is -3.03. The van der Waals surface area contributed by atoms with E-state index in [9.17, 15) is 0 Å². The van der Waals surface area contributed by atoms with Gasteiger partial charge in [0.1, 0.15) is 0 Å². The zero-order valence-electron chi connectivity index (χ0n) is 76.8. The van der Waals surface area contributed by atoms with Gasteiger partial charge in [0, 0.05) is 940 Å². The van der Waals surface area contributed by atoms with Gasteiger partial charge in [0.15, 0.2) is 0 Å². The van der Waals surface area contributed by atoms with Crippen molar-refractivity contribution >= 4 is 940 Å². The quantitative estimate of drug-likeness (QED) is 0.0533. The molecule has 0 aromatic carbocycles. The molecule has 0 amide bonds. The Hall–Kier alpha value is 8.64. The second kappa shape index (κ2) is 65.5. The average Bonchev–Trinajstić information content (AvgIpc) is 0.697. The molecule has 0 saturated heterocycles. The van der Waals surface area contributed by atoms with E-state index < -0.39 is 415 Å². The standard InChI is InChI=1S/B133/c1-68-102(69(2)3)119(103(70(4)5)71(6)7)127(118(100(64)65)101(66)67)131(126(116(96(56)57)97(58)59)117(98(60)61)99(62)63)133(130(124(112(88(40)41)89(42)43)113(90(44)45)91(46)47)125(114(92(48)49)93(50)51)115(94(52)53)95(54)55)132(128(120(104(72(8)9)73(10)11)105(74(12)13)75(14)15)121(106(76(16)17)77(18)19)107(78(20)21)79(22)23)129(122(108(80(24)25)81(26)27)109(82(28)29)83(30)31)123(110(84(32)33)85(34)35)111(86(36)37)87(38)39. The van der Waals surface area contributed by atoms with Gasteiger partial charge in [-0.3, -0.25) is 0 Å². The van der Waals surface area contributed by atoms with Crippen molar-refractivity contribution in [1.29, 1.82) is 0 Å². The van der Waals surface area contributed by atoms with Crippen LogP contribution in [0.25, 0.3) is 0 Å². The van der Waals surface area contributed by atoms with Crippen molar-refractivity contribution in [3.8, 4) is 0 Å². The van der Waals surface area contributed by atoms with Gasteiger partial charge in [-0.1, -0.05) is 0 Å². The highest BCUT2D eigenvalue weighted by molar-refractivity contribution is 8.47. The maximum atomic E-state index is 7.60. The highest BCUT2D eigenvalue weighted by Gasteiger charge is 2.72. The van der Waals surface area contributed by atoms with Crippen LogP contribution in [0.3, 0.4) is 0 Å². The summed E-state index contributed by atoms with van der Waals surface area (Å²) in [7, 11) is 501. The maximum absolute atomic E-state index is 7.60. The topological polar surface area (TPSA) is 0 Å². The summed E-state index contributed by atoms with van der Waals surface area (Å²) in [5.74, 6) is 0.